The average Bonchev–Trinajstić information content (AvgIpc) is 3.46. The molecule has 5 rings (SSSR count). The summed E-state index contributed by atoms with van der Waals surface area (Å²) >= 11 is 2.91. The molecule has 146 valence electrons. The van der Waals surface area contributed by atoms with Crippen LogP contribution in [0.2, 0.25) is 0 Å². The predicted molar refractivity (Wildman–Crippen MR) is 121 cm³/mol. The zero-order chi connectivity index (χ0) is 20.5. The van der Waals surface area contributed by atoms with Crippen molar-refractivity contribution in [1.29, 1.82) is 0 Å². The maximum Gasteiger partial charge on any atom is 0.258 e. The molecule has 0 saturated heterocycles. The van der Waals surface area contributed by atoms with Crippen molar-refractivity contribution < 1.29 is 9.18 Å². The number of aromatic nitrogens is 2. The molecule has 7 heteroatoms. The van der Waals surface area contributed by atoms with Crippen molar-refractivity contribution in [3.8, 4) is 21.8 Å². The minimum atomic E-state index is -0.298. The van der Waals surface area contributed by atoms with Gasteiger partial charge in [0.2, 0.25) is 0 Å². The Bertz CT molecular complexity index is 1340. The first kappa shape index (κ1) is 18.6. The van der Waals surface area contributed by atoms with Gasteiger partial charge in [-0.25, -0.2) is 14.4 Å². The van der Waals surface area contributed by atoms with Gasteiger partial charge in [-0.05, 0) is 47.8 Å². The van der Waals surface area contributed by atoms with E-state index in [1.165, 1.54) is 23.5 Å². The molecule has 1 amide bonds. The minimum Gasteiger partial charge on any atom is -0.298 e. The van der Waals surface area contributed by atoms with Crippen LogP contribution in [0.5, 0.6) is 0 Å². The Morgan fingerprint density at radius 2 is 1.73 bits per heavy atom. The first-order valence-electron chi connectivity index (χ1n) is 9.14. The molecule has 3 aromatic heterocycles. The van der Waals surface area contributed by atoms with Gasteiger partial charge < -0.3 is 0 Å². The van der Waals surface area contributed by atoms with Gasteiger partial charge >= 0.3 is 0 Å². The molecule has 0 unspecified atom stereocenters. The molecule has 0 fully saturated rings. The van der Waals surface area contributed by atoms with E-state index in [2.05, 4.69) is 10.3 Å². The first-order chi connectivity index (χ1) is 14.7. The molecule has 0 aliphatic rings. The van der Waals surface area contributed by atoms with Crippen LogP contribution in [0.4, 0.5) is 9.52 Å². The summed E-state index contributed by atoms with van der Waals surface area (Å²) in [6.45, 7) is 0. The number of pyridine rings is 1. The highest BCUT2D eigenvalue weighted by molar-refractivity contribution is 7.14. The number of hydrogen-bond acceptors (Lipinski definition) is 5. The van der Waals surface area contributed by atoms with E-state index in [1.54, 1.807) is 23.5 Å². The number of benzene rings is 2. The van der Waals surface area contributed by atoms with Crippen LogP contribution in [0.25, 0.3) is 32.7 Å². The van der Waals surface area contributed by atoms with Crippen molar-refractivity contribution in [1.82, 2.24) is 9.97 Å². The van der Waals surface area contributed by atoms with Crippen LogP contribution < -0.4 is 5.32 Å². The fourth-order valence-electron chi connectivity index (χ4n) is 3.16. The van der Waals surface area contributed by atoms with Crippen LogP contribution >= 0.6 is 22.7 Å². The van der Waals surface area contributed by atoms with Crippen molar-refractivity contribution in [3.63, 3.8) is 0 Å². The standard InChI is InChI=1S/C23H14FN3OS2/c24-15-9-7-14(8-10-15)20-13-30-23(26-20)27-22(28)17-12-19(21-6-3-11-29-21)25-18-5-2-1-4-16(17)18/h1-13H,(H,26,27,28). The topological polar surface area (TPSA) is 54.9 Å². The SMILES string of the molecule is O=C(Nc1nc(-c2ccc(F)cc2)cs1)c1cc(-c2cccs2)nc2ccccc12. The Morgan fingerprint density at radius 3 is 2.53 bits per heavy atom. The second kappa shape index (κ2) is 7.78. The number of para-hydroxylation sites is 1. The molecule has 0 spiro atoms. The molecule has 0 saturated carbocycles. The molecule has 1 N–H and O–H groups in total. The maximum atomic E-state index is 13.2. The fourth-order valence-corrected chi connectivity index (χ4v) is 4.56. The number of carbonyl (C=O) groups excluding carboxylic acids is 1. The molecule has 0 bridgehead atoms. The molecular weight excluding hydrogens is 417 g/mol. The number of amides is 1. The first-order valence-corrected chi connectivity index (χ1v) is 10.9. The Kier molecular flexibility index (Phi) is 4.82. The Labute approximate surface area is 179 Å². The number of rotatable bonds is 4. The minimum absolute atomic E-state index is 0.244. The quantitative estimate of drug-likeness (QED) is 0.354. The van der Waals surface area contributed by atoms with E-state index in [1.807, 2.05) is 53.2 Å². The number of fused-ring (bicyclic) bond motifs is 1. The predicted octanol–water partition coefficient (Wildman–Crippen LogP) is 6.48. The maximum absolute atomic E-state index is 13.2. The second-order valence-corrected chi connectivity index (χ2v) is 8.35. The van der Waals surface area contributed by atoms with Gasteiger partial charge in [0, 0.05) is 16.3 Å². The number of nitrogens with zero attached hydrogens (tertiary/aromatic N) is 2. The third-order valence-electron chi connectivity index (χ3n) is 4.60. The fraction of sp³-hybridized carbons (Fsp3) is 0. The van der Waals surface area contributed by atoms with Crippen LogP contribution in [-0.4, -0.2) is 15.9 Å². The number of anilines is 1. The highest BCUT2D eigenvalue weighted by Crippen LogP contribution is 2.29. The summed E-state index contributed by atoms with van der Waals surface area (Å²) in [6.07, 6.45) is 0. The number of thiazole rings is 1. The Morgan fingerprint density at radius 1 is 0.900 bits per heavy atom. The summed E-state index contributed by atoms with van der Waals surface area (Å²) in [4.78, 5) is 23.3. The summed E-state index contributed by atoms with van der Waals surface area (Å²) in [5, 5.41) is 7.98. The average molecular weight is 432 g/mol. The molecule has 0 aliphatic carbocycles. The van der Waals surface area contributed by atoms with Crippen molar-refractivity contribution in [3.05, 3.63) is 88.9 Å². The number of halogens is 1. The molecule has 3 heterocycles. The molecule has 4 nitrogen and oxygen atoms in total. The monoisotopic (exact) mass is 431 g/mol. The molecule has 5 aromatic rings. The Hall–Kier alpha value is -3.42. The molecule has 0 radical (unpaired) electrons. The number of hydrogen-bond donors (Lipinski definition) is 1. The van der Waals surface area contributed by atoms with E-state index in [0.29, 0.717) is 16.4 Å². The van der Waals surface area contributed by atoms with Crippen LogP contribution in [0.3, 0.4) is 0 Å². The zero-order valence-electron chi connectivity index (χ0n) is 15.5. The molecular formula is C23H14FN3OS2. The lowest BCUT2D eigenvalue weighted by atomic mass is 10.1. The lowest BCUT2D eigenvalue weighted by molar-refractivity contribution is 0.102. The smallest absolute Gasteiger partial charge is 0.258 e. The number of thiophene rings is 1. The summed E-state index contributed by atoms with van der Waals surface area (Å²) in [5.41, 5.74) is 3.55. The van der Waals surface area contributed by atoms with Gasteiger partial charge in [0.1, 0.15) is 5.82 Å². The van der Waals surface area contributed by atoms with Crippen LogP contribution in [0, 0.1) is 5.82 Å². The van der Waals surface area contributed by atoms with E-state index in [4.69, 9.17) is 4.98 Å². The van der Waals surface area contributed by atoms with E-state index in [0.717, 1.165) is 27.0 Å². The third kappa shape index (κ3) is 3.60. The second-order valence-electron chi connectivity index (χ2n) is 6.55. The normalized spacial score (nSPS) is 11.0. The van der Waals surface area contributed by atoms with E-state index in [-0.39, 0.29) is 11.7 Å². The number of carbonyl (C=O) groups is 1. The van der Waals surface area contributed by atoms with Crippen LogP contribution in [0.1, 0.15) is 10.4 Å². The van der Waals surface area contributed by atoms with Gasteiger partial charge in [0.15, 0.2) is 5.13 Å². The highest BCUT2D eigenvalue weighted by Gasteiger charge is 2.16. The lowest BCUT2D eigenvalue weighted by Crippen LogP contribution is -2.13. The van der Waals surface area contributed by atoms with Crippen molar-refractivity contribution in [2.24, 2.45) is 0 Å². The van der Waals surface area contributed by atoms with Crippen molar-refractivity contribution in [2.45, 2.75) is 0 Å². The van der Waals surface area contributed by atoms with Crippen LogP contribution in [-0.2, 0) is 0 Å². The van der Waals surface area contributed by atoms with Crippen LogP contribution in [0.15, 0.2) is 77.5 Å². The summed E-state index contributed by atoms with van der Waals surface area (Å²) in [7, 11) is 0. The molecule has 0 aliphatic heterocycles. The lowest BCUT2D eigenvalue weighted by Gasteiger charge is -2.08. The molecule has 0 atom stereocenters. The van der Waals surface area contributed by atoms with E-state index in [9.17, 15) is 9.18 Å². The summed E-state index contributed by atoms with van der Waals surface area (Å²) in [5.74, 6) is -0.542. The van der Waals surface area contributed by atoms with Gasteiger partial charge in [-0.1, -0.05) is 24.3 Å². The summed E-state index contributed by atoms with van der Waals surface area (Å²) in [6, 6.07) is 19.5. The largest absolute Gasteiger partial charge is 0.298 e. The summed E-state index contributed by atoms with van der Waals surface area (Å²) < 4.78 is 13.2. The van der Waals surface area contributed by atoms with Gasteiger partial charge in [-0.3, -0.25) is 10.1 Å². The third-order valence-corrected chi connectivity index (χ3v) is 6.25. The van der Waals surface area contributed by atoms with Crippen molar-refractivity contribution in [2.75, 3.05) is 5.32 Å². The highest BCUT2D eigenvalue weighted by atomic mass is 32.1. The number of nitrogens with one attached hydrogen (secondary N) is 1. The van der Waals surface area contributed by atoms with E-state index < -0.39 is 0 Å². The molecule has 2 aromatic carbocycles. The van der Waals surface area contributed by atoms with Gasteiger partial charge in [-0.2, -0.15) is 0 Å². The van der Waals surface area contributed by atoms with Gasteiger partial charge in [0.25, 0.3) is 5.91 Å². The van der Waals surface area contributed by atoms with Gasteiger partial charge in [0.05, 0.1) is 27.3 Å². The molecule has 30 heavy (non-hydrogen) atoms. The van der Waals surface area contributed by atoms with E-state index >= 15 is 0 Å². The van der Waals surface area contributed by atoms with Gasteiger partial charge in [-0.15, -0.1) is 22.7 Å². The van der Waals surface area contributed by atoms with Crippen molar-refractivity contribution >= 4 is 44.6 Å². The Balaban J connectivity index is 1.48. The zero-order valence-corrected chi connectivity index (χ0v) is 17.1.